The van der Waals surface area contributed by atoms with E-state index < -0.39 is 0 Å². The van der Waals surface area contributed by atoms with Crippen molar-refractivity contribution in [1.82, 2.24) is 4.90 Å². The molecule has 0 spiro atoms. The van der Waals surface area contributed by atoms with E-state index >= 15 is 0 Å². The van der Waals surface area contributed by atoms with Gasteiger partial charge in [-0.2, -0.15) is 0 Å². The van der Waals surface area contributed by atoms with Gasteiger partial charge in [0.2, 0.25) is 0 Å². The molecule has 0 aromatic heterocycles. The van der Waals surface area contributed by atoms with E-state index in [1.54, 1.807) is 12.1 Å². The topological polar surface area (TPSA) is 43.7 Å². The number of phenolic OH excluding ortho intramolecular Hbond substituents is 2. The van der Waals surface area contributed by atoms with Crippen molar-refractivity contribution in [2.75, 3.05) is 13.6 Å². The fourth-order valence-electron chi connectivity index (χ4n) is 2.23. The maximum atomic E-state index is 9.55. The van der Waals surface area contributed by atoms with Gasteiger partial charge in [-0.25, -0.2) is 0 Å². The Balaban J connectivity index is 2.50. The molecule has 1 heterocycles. The minimum absolute atomic E-state index is 0.0254. The van der Waals surface area contributed by atoms with E-state index in [1.807, 2.05) is 13.0 Å². The van der Waals surface area contributed by atoms with Gasteiger partial charge in [0.15, 0.2) is 11.5 Å². The first-order valence-corrected chi connectivity index (χ1v) is 5.51. The van der Waals surface area contributed by atoms with Crippen LogP contribution in [0.3, 0.4) is 0 Å². The lowest BCUT2D eigenvalue weighted by molar-refractivity contribution is 0.269. The predicted molar refractivity (Wildman–Crippen MR) is 63.7 cm³/mol. The number of nitrogens with zero attached hydrogens (tertiary/aromatic N) is 1. The Hall–Kier alpha value is -1.48. The Morgan fingerprint density at radius 2 is 2.00 bits per heavy atom. The van der Waals surface area contributed by atoms with E-state index in [2.05, 4.69) is 18.0 Å². The average molecular weight is 219 g/mol. The number of fused-ring (bicyclic) bond motifs is 1. The molecule has 0 fully saturated rings. The standard InChI is InChI=1S/C13H17NO2/c1-3-4-11-10-8-13(16)12(15)7-9(10)5-6-14(11)2/h3-4,7-8,11,15-16H,5-6H2,1-2H3/b4-3+. The summed E-state index contributed by atoms with van der Waals surface area (Å²) in [6.07, 6.45) is 5.03. The van der Waals surface area contributed by atoms with Crippen molar-refractivity contribution in [2.24, 2.45) is 0 Å². The minimum Gasteiger partial charge on any atom is -0.504 e. The van der Waals surface area contributed by atoms with Crippen molar-refractivity contribution in [3.8, 4) is 11.5 Å². The second-order valence-corrected chi connectivity index (χ2v) is 4.24. The number of hydrogen-bond acceptors (Lipinski definition) is 3. The van der Waals surface area contributed by atoms with E-state index in [0.717, 1.165) is 24.1 Å². The van der Waals surface area contributed by atoms with Crippen LogP contribution in [-0.4, -0.2) is 28.7 Å². The van der Waals surface area contributed by atoms with Gasteiger partial charge in [-0.05, 0) is 43.7 Å². The summed E-state index contributed by atoms with van der Waals surface area (Å²) in [4.78, 5) is 2.23. The molecule has 16 heavy (non-hydrogen) atoms. The fraction of sp³-hybridized carbons (Fsp3) is 0.385. The van der Waals surface area contributed by atoms with Gasteiger partial charge in [0.05, 0.1) is 6.04 Å². The summed E-state index contributed by atoms with van der Waals surface area (Å²) in [6, 6.07) is 3.54. The van der Waals surface area contributed by atoms with Crippen molar-refractivity contribution in [3.63, 3.8) is 0 Å². The fourth-order valence-corrected chi connectivity index (χ4v) is 2.23. The number of benzene rings is 1. The van der Waals surface area contributed by atoms with Crippen molar-refractivity contribution in [3.05, 3.63) is 35.4 Å². The molecule has 1 aliphatic heterocycles. The maximum Gasteiger partial charge on any atom is 0.157 e. The second-order valence-electron chi connectivity index (χ2n) is 4.24. The summed E-state index contributed by atoms with van der Waals surface area (Å²) in [5.41, 5.74) is 2.21. The number of likely N-dealkylation sites (N-methyl/N-ethyl adjacent to an activating group) is 1. The van der Waals surface area contributed by atoms with E-state index in [1.165, 1.54) is 0 Å². The summed E-state index contributed by atoms with van der Waals surface area (Å²) in [7, 11) is 2.07. The van der Waals surface area contributed by atoms with Crippen LogP contribution in [0.4, 0.5) is 0 Å². The zero-order valence-corrected chi connectivity index (χ0v) is 9.64. The maximum absolute atomic E-state index is 9.55. The number of allylic oxidation sites excluding steroid dienone is 1. The highest BCUT2D eigenvalue weighted by atomic mass is 16.3. The highest BCUT2D eigenvalue weighted by molar-refractivity contribution is 5.48. The summed E-state index contributed by atoms with van der Waals surface area (Å²) < 4.78 is 0. The Kier molecular flexibility index (Phi) is 2.88. The third-order valence-electron chi connectivity index (χ3n) is 3.14. The molecule has 86 valence electrons. The van der Waals surface area contributed by atoms with E-state index in [4.69, 9.17) is 0 Å². The number of phenols is 2. The number of aromatic hydroxyl groups is 2. The number of hydrogen-bond donors (Lipinski definition) is 2. The zero-order valence-electron chi connectivity index (χ0n) is 9.64. The lowest BCUT2D eigenvalue weighted by Gasteiger charge is -2.32. The van der Waals surface area contributed by atoms with Crippen molar-refractivity contribution < 1.29 is 10.2 Å². The van der Waals surface area contributed by atoms with Crippen LogP contribution in [-0.2, 0) is 6.42 Å². The van der Waals surface area contributed by atoms with Gasteiger partial charge >= 0.3 is 0 Å². The van der Waals surface area contributed by atoms with Gasteiger partial charge in [-0.15, -0.1) is 0 Å². The highest BCUT2D eigenvalue weighted by Crippen LogP contribution is 2.36. The molecule has 1 unspecified atom stereocenters. The molecule has 1 aromatic carbocycles. The van der Waals surface area contributed by atoms with Crippen molar-refractivity contribution >= 4 is 0 Å². The zero-order chi connectivity index (χ0) is 11.7. The van der Waals surface area contributed by atoms with Gasteiger partial charge < -0.3 is 10.2 Å². The second kappa shape index (κ2) is 4.18. The Bertz CT molecular complexity index is 426. The molecule has 1 aromatic rings. The summed E-state index contributed by atoms with van der Waals surface area (Å²) in [5, 5.41) is 19.0. The molecule has 0 radical (unpaired) electrons. The molecule has 0 bridgehead atoms. The van der Waals surface area contributed by atoms with Crippen LogP contribution in [0, 0.1) is 0 Å². The van der Waals surface area contributed by atoms with E-state index in [-0.39, 0.29) is 17.5 Å². The van der Waals surface area contributed by atoms with E-state index in [9.17, 15) is 10.2 Å². The smallest absolute Gasteiger partial charge is 0.157 e. The summed E-state index contributed by atoms with van der Waals surface area (Å²) >= 11 is 0. The molecule has 3 heteroatoms. The third-order valence-corrected chi connectivity index (χ3v) is 3.14. The average Bonchev–Trinajstić information content (AvgIpc) is 2.25. The van der Waals surface area contributed by atoms with Gasteiger partial charge in [0.25, 0.3) is 0 Å². The van der Waals surface area contributed by atoms with Crippen molar-refractivity contribution in [2.45, 2.75) is 19.4 Å². The van der Waals surface area contributed by atoms with Gasteiger partial charge in [0.1, 0.15) is 0 Å². The largest absolute Gasteiger partial charge is 0.504 e. The van der Waals surface area contributed by atoms with Gasteiger partial charge in [-0.1, -0.05) is 12.2 Å². The molecule has 0 saturated heterocycles. The molecule has 1 aliphatic rings. The third kappa shape index (κ3) is 1.78. The first-order valence-electron chi connectivity index (χ1n) is 5.51. The lowest BCUT2D eigenvalue weighted by atomic mass is 9.92. The van der Waals surface area contributed by atoms with E-state index in [0.29, 0.717) is 0 Å². The first kappa shape index (κ1) is 11.0. The number of rotatable bonds is 1. The van der Waals surface area contributed by atoms with Crippen LogP contribution in [0.1, 0.15) is 24.1 Å². The Morgan fingerprint density at radius 1 is 1.31 bits per heavy atom. The Morgan fingerprint density at radius 3 is 2.69 bits per heavy atom. The SMILES string of the molecule is C/C=C/C1c2cc(O)c(O)cc2CCN1C. The molecule has 3 nitrogen and oxygen atoms in total. The molecule has 2 N–H and O–H groups in total. The van der Waals surface area contributed by atoms with Crippen LogP contribution in [0.5, 0.6) is 11.5 Å². The first-order chi connectivity index (χ1) is 7.63. The minimum atomic E-state index is -0.0384. The summed E-state index contributed by atoms with van der Waals surface area (Å²) in [6.45, 7) is 2.95. The quantitative estimate of drug-likeness (QED) is 0.562. The molecular weight excluding hydrogens is 202 g/mol. The molecule has 1 atom stereocenters. The van der Waals surface area contributed by atoms with Crippen LogP contribution in [0.25, 0.3) is 0 Å². The lowest BCUT2D eigenvalue weighted by Crippen LogP contribution is -2.30. The molecule has 0 amide bonds. The summed E-state index contributed by atoms with van der Waals surface area (Å²) in [5.74, 6) is -0.0638. The van der Waals surface area contributed by atoms with Gasteiger partial charge in [-0.3, -0.25) is 4.90 Å². The monoisotopic (exact) mass is 219 g/mol. The Labute approximate surface area is 95.6 Å². The van der Waals surface area contributed by atoms with Crippen LogP contribution in [0.15, 0.2) is 24.3 Å². The van der Waals surface area contributed by atoms with Crippen molar-refractivity contribution in [1.29, 1.82) is 0 Å². The molecule has 0 aliphatic carbocycles. The predicted octanol–water partition coefficient (Wildman–Crippen LogP) is 2.20. The van der Waals surface area contributed by atoms with Crippen LogP contribution in [0.2, 0.25) is 0 Å². The van der Waals surface area contributed by atoms with Gasteiger partial charge in [0, 0.05) is 6.54 Å². The highest BCUT2D eigenvalue weighted by Gasteiger charge is 2.23. The normalized spacial score (nSPS) is 21.2. The van der Waals surface area contributed by atoms with Crippen LogP contribution < -0.4 is 0 Å². The molecule has 0 saturated carbocycles. The van der Waals surface area contributed by atoms with Crippen LogP contribution >= 0.6 is 0 Å². The molecule has 2 rings (SSSR count). The molecular formula is C13H17NO2.